The molecule has 1 saturated heterocycles. The minimum atomic E-state index is -0.307. The van der Waals surface area contributed by atoms with Crippen LogP contribution >= 0.6 is 0 Å². The number of aryl methyl sites for hydroxylation is 1. The number of carbonyl (C=O) groups is 2. The Balaban J connectivity index is 2.27. The Morgan fingerprint density at radius 1 is 1.57 bits per heavy atom. The molecule has 5 heteroatoms. The second-order valence-corrected chi connectivity index (χ2v) is 3.17. The third-order valence-electron chi connectivity index (χ3n) is 1.96. The second-order valence-electron chi connectivity index (χ2n) is 3.17. The molecule has 0 unspecified atom stereocenters. The second kappa shape index (κ2) is 3.10. The summed E-state index contributed by atoms with van der Waals surface area (Å²) in [6.07, 6.45) is 5.26. The molecular formula is C9H9N3O2. The van der Waals surface area contributed by atoms with Crippen molar-refractivity contribution in [2.45, 2.75) is 6.42 Å². The molecule has 0 aromatic carbocycles. The zero-order valence-corrected chi connectivity index (χ0v) is 7.65. The van der Waals surface area contributed by atoms with E-state index in [1.807, 2.05) is 0 Å². The van der Waals surface area contributed by atoms with Crippen LogP contribution in [0.5, 0.6) is 0 Å². The minimum absolute atomic E-state index is 0.160. The number of nitrogens with one attached hydrogen (secondary N) is 1. The maximum Gasteiger partial charge on any atom is 0.254 e. The molecule has 1 aliphatic heterocycles. The van der Waals surface area contributed by atoms with Gasteiger partial charge in [0.15, 0.2) is 0 Å². The predicted molar refractivity (Wildman–Crippen MR) is 49.0 cm³/mol. The lowest BCUT2D eigenvalue weighted by molar-refractivity contribution is -0.124. The molecule has 5 nitrogen and oxygen atoms in total. The molecule has 0 radical (unpaired) electrons. The van der Waals surface area contributed by atoms with E-state index in [1.165, 1.54) is 0 Å². The fraction of sp³-hybridized carbons (Fsp3) is 0.222. The molecule has 2 amide bonds. The van der Waals surface area contributed by atoms with Gasteiger partial charge in [0.05, 0.1) is 12.6 Å². The molecule has 0 bridgehead atoms. The van der Waals surface area contributed by atoms with E-state index >= 15 is 0 Å². The van der Waals surface area contributed by atoms with Gasteiger partial charge in [-0.1, -0.05) is 0 Å². The van der Waals surface area contributed by atoms with Gasteiger partial charge in [-0.3, -0.25) is 19.6 Å². The van der Waals surface area contributed by atoms with Crippen molar-refractivity contribution >= 4 is 17.9 Å². The van der Waals surface area contributed by atoms with Gasteiger partial charge in [0, 0.05) is 24.4 Å². The van der Waals surface area contributed by atoms with Gasteiger partial charge in [0.2, 0.25) is 5.91 Å². The van der Waals surface area contributed by atoms with Crippen LogP contribution in [0, 0.1) is 0 Å². The number of hydrogen-bond donors (Lipinski definition) is 1. The molecule has 0 atom stereocenters. The van der Waals surface area contributed by atoms with Gasteiger partial charge in [-0.05, 0) is 6.08 Å². The highest BCUT2D eigenvalue weighted by atomic mass is 16.2. The van der Waals surface area contributed by atoms with Crippen molar-refractivity contribution in [3.63, 3.8) is 0 Å². The molecule has 2 rings (SSSR count). The summed E-state index contributed by atoms with van der Waals surface area (Å²) in [6.45, 7) is 0. The summed E-state index contributed by atoms with van der Waals surface area (Å²) in [5.74, 6) is -0.552. The molecule has 1 fully saturated rings. The van der Waals surface area contributed by atoms with Gasteiger partial charge in [-0.15, -0.1) is 0 Å². The number of amides is 2. The quantitative estimate of drug-likeness (QED) is 0.496. The van der Waals surface area contributed by atoms with E-state index in [9.17, 15) is 9.59 Å². The highest BCUT2D eigenvalue weighted by Gasteiger charge is 2.23. The molecule has 0 spiro atoms. The maximum atomic E-state index is 11.2. The topological polar surface area (TPSA) is 64.0 Å². The summed E-state index contributed by atoms with van der Waals surface area (Å²) in [4.78, 5) is 22.0. The average Bonchev–Trinajstić information content (AvgIpc) is 2.61. The van der Waals surface area contributed by atoms with Crippen LogP contribution in [0.25, 0.3) is 6.08 Å². The first-order chi connectivity index (χ1) is 6.65. The normalized spacial score (nSPS) is 19.1. The molecule has 0 aliphatic carbocycles. The van der Waals surface area contributed by atoms with Crippen molar-refractivity contribution < 1.29 is 9.59 Å². The molecular weight excluding hydrogens is 182 g/mol. The standard InChI is InChI=1S/C9H9N3O2/c1-12-5-6(4-10-12)2-7-3-8(13)11-9(7)14/h2,4-5H,3H2,1H3,(H,11,13,14)/b7-2+. The van der Waals surface area contributed by atoms with Crippen LogP contribution in [-0.4, -0.2) is 21.6 Å². The number of rotatable bonds is 1. The number of aromatic nitrogens is 2. The van der Waals surface area contributed by atoms with Crippen LogP contribution in [0.3, 0.4) is 0 Å². The van der Waals surface area contributed by atoms with Crippen LogP contribution in [0.4, 0.5) is 0 Å². The van der Waals surface area contributed by atoms with Gasteiger partial charge >= 0.3 is 0 Å². The monoisotopic (exact) mass is 191 g/mol. The number of imide groups is 1. The summed E-state index contributed by atoms with van der Waals surface area (Å²) in [7, 11) is 1.79. The van der Waals surface area contributed by atoms with Crippen LogP contribution in [0.2, 0.25) is 0 Å². The average molecular weight is 191 g/mol. The molecule has 1 aliphatic rings. The first-order valence-corrected chi connectivity index (χ1v) is 4.18. The summed E-state index contributed by atoms with van der Waals surface area (Å²) in [6, 6.07) is 0. The Bertz CT molecular complexity index is 431. The molecule has 72 valence electrons. The van der Waals surface area contributed by atoms with E-state index in [-0.39, 0.29) is 18.2 Å². The fourth-order valence-corrected chi connectivity index (χ4v) is 1.34. The van der Waals surface area contributed by atoms with Crippen molar-refractivity contribution in [1.82, 2.24) is 15.1 Å². The van der Waals surface area contributed by atoms with E-state index in [0.717, 1.165) is 5.56 Å². The SMILES string of the molecule is Cn1cc(/C=C2\CC(=O)NC2=O)cn1. The zero-order chi connectivity index (χ0) is 10.1. The summed E-state index contributed by atoms with van der Waals surface area (Å²) in [5.41, 5.74) is 1.32. The van der Waals surface area contributed by atoms with Crippen LogP contribution in [0.1, 0.15) is 12.0 Å². The molecule has 1 aromatic heterocycles. The van der Waals surface area contributed by atoms with Crippen molar-refractivity contribution in [3.05, 3.63) is 23.5 Å². The Kier molecular flexibility index (Phi) is 1.92. The smallest absolute Gasteiger partial charge is 0.254 e. The zero-order valence-electron chi connectivity index (χ0n) is 7.65. The lowest BCUT2D eigenvalue weighted by Crippen LogP contribution is -2.19. The number of hydrogen-bond acceptors (Lipinski definition) is 3. The Labute approximate surface area is 80.4 Å². The Hall–Kier alpha value is -1.91. The molecule has 1 aromatic rings. The van der Waals surface area contributed by atoms with Crippen molar-refractivity contribution in [2.75, 3.05) is 0 Å². The number of nitrogens with zero attached hydrogens (tertiary/aromatic N) is 2. The predicted octanol–water partition coefficient (Wildman–Crippen LogP) is -0.150. The maximum absolute atomic E-state index is 11.2. The minimum Gasteiger partial charge on any atom is -0.292 e. The van der Waals surface area contributed by atoms with Gasteiger partial charge < -0.3 is 0 Å². The fourth-order valence-electron chi connectivity index (χ4n) is 1.34. The van der Waals surface area contributed by atoms with Crippen molar-refractivity contribution in [1.29, 1.82) is 0 Å². The van der Waals surface area contributed by atoms with Crippen molar-refractivity contribution in [2.24, 2.45) is 7.05 Å². The van der Waals surface area contributed by atoms with Crippen molar-refractivity contribution in [3.8, 4) is 0 Å². The first kappa shape index (κ1) is 8.68. The summed E-state index contributed by atoms with van der Waals surface area (Å²) < 4.78 is 1.64. The molecule has 1 N–H and O–H groups in total. The summed E-state index contributed by atoms with van der Waals surface area (Å²) in [5, 5.41) is 6.18. The molecule has 2 heterocycles. The molecule has 14 heavy (non-hydrogen) atoms. The van der Waals surface area contributed by atoms with E-state index in [0.29, 0.717) is 5.57 Å². The highest BCUT2D eigenvalue weighted by Crippen LogP contribution is 2.13. The third-order valence-corrected chi connectivity index (χ3v) is 1.96. The van der Waals surface area contributed by atoms with Gasteiger partial charge in [0.25, 0.3) is 5.91 Å². The lowest BCUT2D eigenvalue weighted by atomic mass is 10.1. The highest BCUT2D eigenvalue weighted by molar-refractivity contribution is 6.15. The Morgan fingerprint density at radius 3 is 2.86 bits per heavy atom. The number of carbonyl (C=O) groups excluding carboxylic acids is 2. The summed E-state index contributed by atoms with van der Waals surface area (Å²) >= 11 is 0. The van der Waals surface area contributed by atoms with E-state index in [1.54, 1.807) is 30.2 Å². The lowest BCUT2D eigenvalue weighted by Gasteiger charge is -1.88. The van der Waals surface area contributed by atoms with Crippen LogP contribution < -0.4 is 5.32 Å². The van der Waals surface area contributed by atoms with Gasteiger partial charge in [0.1, 0.15) is 0 Å². The van der Waals surface area contributed by atoms with E-state index in [4.69, 9.17) is 0 Å². The van der Waals surface area contributed by atoms with E-state index < -0.39 is 0 Å². The largest absolute Gasteiger partial charge is 0.292 e. The Morgan fingerprint density at radius 2 is 2.36 bits per heavy atom. The molecule has 0 saturated carbocycles. The van der Waals surface area contributed by atoms with Gasteiger partial charge in [-0.25, -0.2) is 0 Å². The van der Waals surface area contributed by atoms with Crippen LogP contribution in [0.15, 0.2) is 18.0 Å². The third kappa shape index (κ3) is 1.56. The van der Waals surface area contributed by atoms with Gasteiger partial charge in [-0.2, -0.15) is 5.10 Å². The first-order valence-electron chi connectivity index (χ1n) is 4.18. The van der Waals surface area contributed by atoms with Crippen LogP contribution in [-0.2, 0) is 16.6 Å². The van der Waals surface area contributed by atoms with E-state index in [2.05, 4.69) is 10.4 Å².